The molecule has 0 saturated carbocycles. The lowest BCUT2D eigenvalue weighted by Crippen LogP contribution is -2.42. The minimum atomic E-state index is -0.643. The summed E-state index contributed by atoms with van der Waals surface area (Å²) in [7, 11) is 0. The van der Waals surface area contributed by atoms with Gasteiger partial charge >= 0.3 is 0 Å². The molecule has 148 valence electrons. The van der Waals surface area contributed by atoms with E-state index in [4.69, 9.17) is 9.47 Å². The molecule has 1 N–H and O–H groups in total. The number of carbonyl (C=O) groups excluding carboxylic acids is 2. The number of benzene rings is 1. The molecule has 0 aliphatic carbocycles. The van der Waals surface area contributed by atoms with Gasteiger partial charge in [-0.2, -0.15) is 0 Å². The topological polar surface area (TPSA) is 71.1 Å². The highest BCUT2D eigenvalue weighted by atomic mass is 16.5. The molecule has 0 aromatic heterocycles. The van der Waals surface area contributed by atoms with E-state index in [1.165, 1.54) is 6.92 Å². The maximum Gasteiger partial charge on any atom is 0.249 e. The van der Waals surface area contributed by atoms with Crippen LogP contribution in [0.4, 0.5) is 0 Å². The fourth-order valence-electron chi connectivity index (χ4n) is 3.56. The highest BCUT2D eigenvalue weighted by molar-refractivity contribution is 5.88. The molecule has 0 bridgehead atoms. The molecule has 3 rings (SSSR count). The number of morpholine rings is 1. The second kappa shape index (κ2) is 9.82. The van der Waals surface area contributed by atoms with Gasteiger partial charge in [0.05, 0.1) is 25.9 Å². The van der Waals surface area contributed by atoms with Crippen molar-refractivity contribution in [1.82, 2.24) is 15.1 Å². The van der Waals surface area contributed by atoms with Crippen molar-refractivity contribution in [2.75, 3.05) is 52.5 Å². The van der Waals surface area contributed by atoms with E-state index in [1.54, 1.807) is 4.90 Å². The number of hydrogen-bond acceptors (Lipinski definition) is 5. The van der Waals surface area contributed by atoms with Crippen LogP contribution >= 0.6 is 0 Å². The zero-order chi connectivity index (χ0) is 19.1. The highest BCUT2D eigenvalue weighted by Gasteiger charge is 2.32. The van der Waals surface area contributed by atoms with Crippen molar-refractivity contribution in [2.45, 2.75) is 25.5 Å². The number of carbonyl (C=O) groups is 2. The van der Waals surface area contributed by atoms with Crippen molar-refractivity contribution in [3.05, 3.63) is 35.9 Å². The van der Waals surface area contributed by atoms with Crippen molar-refractivity contribution in [3.63, 3.8) is 0 Å². The minimum absolute atomic E-state index is 0.0590. The van der Waals surface area contributed by atoms with Crippen molar-refractivity contribution >= 4 is 11.8 Å². The SMILES string of the molecule is CC(=O)NC(C(=O)N1CCC(OCCN2CCOCC2)C1)c1ccccc1. The summed E-state index contributed by atoms with van der Waals surface area (Å²) in [4.78, 5) is 28.7. The molecule has 27 heavy (non-hydrogen) atoms. The Bertz CT molecular complexity index is 619. The van der Waals surface area contributed by atoms with Gasteiger partial charge in [-0.3, -0.25) is 14.5 Å². The van der Waals surface area contributed by atoms with Gasteiger partial charge in [0.15, 0.2) is 0 Å². The molecule has 2 heterocycles. The molecule has 2 unspecified atom stereocenters. The number of nitrogens with zero attached hydrogens (tertiary/aromatic N) is 2. The van der Waals surface area contributed by atoms with E-state index in [-0.39, 0.29) is 17.9 Å². The van der Waals surface area contributed by atoms with Gasteiger partial charge in [0, 0.05) is 39.6 Å². The summed E-state index contributed by atoms with van der Waals surface area (Å²) in [6.07, 6.45) is 0.889. The van der Waals surface area contributed by atoms with Crippen molar-refractivity contribution < 1.29 is 19.1 Å². The van der Waals surface area contributed by atoms with Crippen LogP contribution in [0.5, 0.6) is 0 Å². The lowest BCUT2D eigenvalue weighted by atomic mass is 10.1. The fraction of sp³-hybridized carbons (Fsp3) is 0.600. The third-order valence-corrected chi connectivity index (χ3v) is 5.05. The third-order valence-electron chi connectivity index (χ3n) is 5.05. The Balaban J connectivity index is 1.49. The number of likely N-dealkylation sites (tertiary alicyclic amines) is 1. The van der Waals surface area contributed by atoms with Crippen LogP contribution in [0, 0.1) is 0 Å². The molecular weight excluding hydrogens is 346 g/mol. The van der Waals surface area contributed by atoms with Crippen LogP contribution in [0.25, 0.3) is 0 Å². The summed E-state index contributed by atoms with van der Waals surface area (Å²) in [5, 5.41) is 2.78. The Labute approximate surface area is 160 Å². The van der Waals surface area contributed by atoms with Crippen molar-refractivity contribution in [1.29, 1.82) is 0 Å². The summed E-state index contributed by atoms with van der Waals surface area (Å²) in [5.74, 6) is -0.287. The Morgan fingerprint density at radius 1 is 1.22 bits per heavy atom. The molecule has 0 radical (unpaired) electrons. The van der Waals surface area contributed by atoms with Gasteiger partial charge in [0.2, 0.25) is 11.8 Å². The van der Waals surface area contributed by atoms with Crippen molar-refractivity contribution in [3.8, 4) is 0 Å². The van der Waals surface area contributed by atoms with Crippen LogP contribution in [-0.4, -0.2) is 80.3 Å². The van der Waals surface area contributed by atoms with Crippen LogP contribution < -0.4 is 5.32 Å². The average Bonchev–Trinajstić information content (AvgIpc) is 3.16. The van der Waals surface area contributed by atoms with E-state index in [9.17, 15) is 9.59 Å². The molecule has 0 spiro atoms. The molecule has 2 fully saturated rings. The van der Waals surface area contributed by atoms with Gasteiger partial charge in [-0.15, -0.1) is 0 Å². The largest absolute Gasteiger partial charge is 0.379 e. The van der Waals surface area contributed by atoms with E-state index in [2.05, 4.69) is 10.2 Å². The predicted molar refractivity (Wildman–Crippen MR) is 101 cm³/mol. The zero-order valence-electron chi connectivity index (χ0n) is 15.9. The summed E-state index contributed by atoms with van der Waals surface area (Å²) < 4.78 is 11.3. The van der Waals surface area contributed by atoms with Crippen LogP contribution in [0.3, 0.4) is 0 Å². The standard InChI is InChI=1S/C20H29N3O4/c1-16(24)21-19(17-5-3-2-4-6-17)20(25)23-8-7-18(15-23)27-14-11-22-9-12-26-13-10-22/h2-6,18-19H,7-15H2,1H3,(H,21,24). The summed E-state index contributed by atoms with van der Waals surface area (Å²) in [6.45, 7) is 7.71. The number of nitrogens with one attached hydrogen (secondary N) is 1. The lowest BCUT2D eigenvalue weighted by Gasteiger charge is -2.27. The second-order valence-corrected chi connectivity index (χ2v) is 7.06. The van der Waals surface area contributed by atoms with E-state index in [0.717, 1.165) is 44.8 Å². The summed E-state index contributed by atoms with van der Waals surface area (Å²) in [5.41, 5.74) is 0.800. The maximum absolute atomic E-state index is 13.0. The van der Waals surface area contributed by atoms with Gasteiger partial charge in [0.1, 0.15) is 6.04 Å². The summed E-state index contributed by atoms with van der Waals surface area (Å²) in [6, 6.07) is 8.73. The van der Waals surface area contributed by atoms with Crippen molar-refractivity contribution in [2.24, 2.45) is 0 Å². The first kappa shape index (κ1) is 19.8. The first-order valence-electron chi connectivity index (χ1n) is 9.66. The zero-order valence-corrected chi connectivity index (χ0v) is 15.9. The molecule has 2 aliphatic rings. The van der Waals surface area contributed by atoms with Gasteiger partial charge in [0.25, 0.3) is 0 Å². The van der Waals surface area contributed by atoms with E-state index in [1.807, 2.05) is 30.3 Å². The van der Waals surface area contributed by atoms with E-state index >= 15 is 0 Å². The predicted octanol–water partition coefficient (Wildman–Crippen LogP) is 0.814. The van der Waals surface area contributed by atoms with Gasteiger partial charge in [-0.25, -0.2) is 0 Å². The van der Waals surface area contributed by atoms with Crippen LogP contribution in [0.2, 0.25) is 0 Å². The lowest BCUT2D eigenvalue weighted by molar-refractivity contribution is -0.135. The van der Waals surface area contributed by atoms with Crippen LogP contribution in [0.15, 0.2) is 30.3 Å². The third kappa shape index (κ3) is 5.76. The van der Waals surface area contributed by atoms with Crippen LogP contribution in [0.1, 0.15) is 24.9 Å². The number of amides is 2. The van der Waals surface area contributed by atoms with E-state index < -0.39 is 6.04 Å². The first-order chi connectivity index (χ1) is 13.1. The molecule has 7 heteroatoms. The normalized spacial score (nSPS) is 21.8. The Kier molecular flexibility index (Phi) is 7.20. The molecule has 1 aromatic carbocycles. The van der Waals surface area contributed by atoms with Gasteiger partial charge in [-0.05, 0) is 12.0 Å². The molecule has 1 aromatic rings. The Morgan fingerprint density at radius 3 is 2.67 bits per heavy atom. The average molecular weight is 375 g/mol. The second-order valence-electron chi connectivity index (χ2n) is 7.06. The molecule has 7 nitrogen and oxygen atoms in total. The minimum Gasteiger partial charge on any atom is -0.379 e. The summed E-state index contributed by atoms with van der Waals surface area (Å²) >= 11 is 0. The molecular formula is C20H29N3O4. The Morgan fingerprint density at radius 2 is 1.96 bits per heavy atom. The fourth-order valence-corrected chi connectivity index (χ4v) is 3.56. The molecule has 2 atom stereocenters. The smallest absolute Gasteiger partial charge is 0.249 e. The maximum atomic E-state index is 13.0. The Hall–Kier alpha value is -1.96. The molecule has 2 amide bonds. The number of ether oxygens (including phenoxy) is 2. The van der Waals surface area contributed by atoms with Gasteiger partial charge in [-0.1, -0.05) is 30.3 Å². The molecule has 2 aliphatic heterocycles. The number of rotatable bonds is 7. The van der Waals surface area contributed by atoms with Gasteiger partial charge < -0.3 is 19.7 Å². The number of hydrogen-bond donors (Lipinski definition) is 1. The van der Waals surface area contributed by atoms with Crippen LogP contribution in [-0.2, 0) is 19.1 Å². The highest BCUT2D eigenvalue weighted by Crippen LogP contribution is 2.21. The first-order valence-corrected chi connectivity index (χ1v) is 9.66. The molecule has 2 saturated heterocycles. The quantitative estimate of drug-likeness (QED) is 0.764. The monoisotopic (exact) mass is 375 g/mol. The van der Waals surface area contributed by atoms with E-state index in [0.29, 0.717) is 19.7 Å².